The molecule has 3 aromatic rings. The molecule has 1 atom stereocenters. The highest BCUT2D eigenvalue weighted by atomic mass is 32.1. The van der Waals surface area contributed by atoms with E-state index in [9.17, 15) is 18.0 Å². The third kappa shape index (κ3) is 4.07. The molecule has 0 saturated carbocycles. The minimum absolute atomic E-state index is 0.136. The fourth-order valence-corrected chi connectivity index (χ4v) is 4.20. The van der Waals surface area contributed by atoms with Crippen LogP contribution in [-0.4, -0.2) is 32.5 Å². The van der Waals surface area contributed by atoms with Crippen LogP contribution in [0.5, 0.6) is 0 Å². The fourth-order valence-electron chi connectivity index (χ4n) is 3.68. The van der Waals surface area contributed by atoms with Gasteiger partial charge in [-0.2, -0.15) is 21.9 Å². The Kier molecular flexibility index (Phi) is 5.16. The molecule has 4 nitrogen and oxygen atoms in total. The van der Waals surface area contributed by atoms with Crippen LogP contribution in [0, 0.1) is 5.92 Å². The fraction of sp³-hybridized carbons (Fsp3) is 0.350. The average Bonchev–Trinajstić information content (AvgIpc) is 3.15. The molecule has 0 N–H and O–H groups in total. The number of carbonyl (C=O) groups is 1. The van der Waals surface area contributed by atoms with E-state index in [2.05, 4.69) is 13.6 Å². The van der Waals surface area contributed by atoms with Crippen LogP contribution in [0.1, 0.15) is 34.3 Å². The second-order valence-corrected chi connectivity index (χ2v) is 7.63. The van der Waals surface area contributed by atoms with Gasteiger partial charge in [0, 0.05) is 24.6 Å². The number of halogens is 3. The Balaban J connectivity index is 1.46. The lowest BCUT2D eigenvalue weighted by molar-refractivity contribution is -0.137. The van der Waals surface area contributed by atoms with Crippen molar-refractivity contribution in [2.24, 2.45) is 5.92 Å². The molecule has 1 fully saturated rings. The smallest absolute Gasteiger partial charge is 0.298 e. The predicted octanol–water partition coefficient (Wildman–Crippen LogP) is 4.81. The first kappa shape index (κ1) is 19.0. The van der Waals surface area contributed by atoms with Crippen molar-refractivity contribution in [3.63, 3.8) is 0 Å². The monoisotopic (exact) mass is 405 g/mol. The van der Waals surface area contributed by atoms with Gasteiger partial charge < -0.3 is 0 Å². The summed E-state index contributed by atoms with van der Waals surface area (Å²) < 4.78 is 47.3. The molecule has 0 unspecified atom stereocenters. The molecule has 1 aliphatic rings. The van der Waals surface area contributed by atoms with E-state index in [1.165, 1.54) is 23.9 Å². The Labute approximate surface area is 164 Å². The van der Waals surface area contributed by atoms with Crippen LogP contribution in [-0.2, 0) is 12.7 Å². The molecule has 4 rings (SSSR count). The number of likely N-dealkylation sites (tertiary alicyclic amines) is 1. The highest BCUT2D eigenvalue weighted by molar-refractivity contribution is 7.00. The minimum Gasteiger partial charge on any atom is -0.298 e. The number of alkyl halides is 3. The summed E-state index contributed by atoms with van der Waals surface area (Å²) in [4.78, 5) is 15.0. The number of ketones is 1. The Bertz CT molecular complexity index is 1000. The van der Waals surface area contributed by atoms with E-state index < -0.39 is 11.7 Å². The Morgan fingerprint density at radius 3 is 2.79 bits per heavy atom. The van der Waals surface area contributed by atoms with Crippen LogP contribution in [0.2, 0.25) is 0 Å². The van der Waals surface area contributed by atoms with Crippen LogP contribution in [0.15, 0.2) is 42.5 Å². The number of Topliss-reactive ketones (excluding diaryl/α,β-unsaturated/α-hetero) is 1. The Morgan fingerprint density at radius 1 is 1.14 bits per heavy atom. The van der Waals surface area contributed by atoms with Crippen LogP contribution >= 0.6 is 11.7 Å². The first-order chi connectivity index (χ1) is 13.4. The molecule has 0 aliphatic carbocycles. The second kappa shape index (κ2) is 7.60. The molecule has 0 spiro atoms. The molecule has 2 aromatic carbocycles. The molecule has 2 heterocycles. The van der Waals surface area contributed by atoms with Crippen molar-refractivity contribution in [2.45, 2.75) is 25.6 Å². The molecule has 1 aliphatic heterocycles. The summed E-state index contributed by atoms with van der Waals surface area (Å²) in [6.45, 7) is 2.09. The number of hydrogen-bond donors (Lipinski definition) is 0. The summed E-state index contributed by atoms with van der Waals surface area (Å²) in [5.41, 5.74) is 2.17. The molecule has 1 aromatic heterocycles. The van der Waals surface area contributed by atoms with Crippen molar-refractivity contribution in [2.75, 3.05) is 13.1 Å². The van der Waals surface area contributed by atoms with E-state index in [0.29, 0.717) is 19.5 Å². The zero-order valence-corrected chi connectivity index (χ0v) is 15.8. The topological polar surface area (TPSA) is 46.1 Å². The van der Waals surface area contributed by atoms with Gasteiger partial charge in [-0.05, 0) is 49.2 Å². The first-order valence-corrected chi connectivity index (χ1v) is 9.78. The van der Waals surface area contributed by atoms with Crippen molar-refractivity contribution in [1.82, 2.24) is 13.6 Å². The Morgan fingerprint density at radius 2 is 1.96 bits per heavy atom. The van der Waals surface area contributed by atoms with Gasteiger partial charge in [-0.15, -0.1) is 0 Å². The van der Waals surface area contributed by atoms with Crippen molar-refractivity contribution in [3.05, 3.63) is 59.2 Å². The lowest BCUT2D eigenvalue weighted by Crippen LogP contribution is -2.38. The summed E-state index contributed by atoms with van der Waals surface area (Å²) >= 11 is 1.17. The van der Waals surface area contributed by atoms with Crippen molar-refractivity contribution in [3.8, 4) is 0 Å². The zero-order valence-electron chi connectivity index (χ0n) is 14.9. The number of carbonyl (C=O) groups excluding carboxylic acids is 1. The third-order valence-corrected chi connectivity index (χ3v) is 5.63. The second-order valence-electron chi connectivity index (χ2n) is 7.10. The lowest BCUT2D eigenvalue weighted by atomic mass is 9.89. The number of benzene rings is 2. The van der Waals surface area contributed by atoms with Crippen molar-refractivity contribution < 1.29 is 18.0 Å². The summed E-state index contributed by atoms with van der Waals surface area (Å²) in [6, 6.07) is 10.7. The van der Waals surface area contributed by atoms with Crippen molar-refractivity contribution in [1.29, 1.82) is 0 Å². The highest BCUT2D eigenvalue weighted by Gasteiger charge is 2.32. The standard InChI is InChI=1S/C20H18F3N3OS/c21-20(22,23)16-5-1-3-14(10-16)19(27)15-4-2-8-26(12-15)11-13-6-7-17-18(9-13)25-28-24-17/h1,3,5-7,9-10,15H,2,4,8,11-12H2/t15-/m1/s1. The molecule has 0 amide bonds. The number of nitrogens with zero attached hydrogens (tertiary/aromatic N) is 3. The molecule has 8 heteroatoms. The molecular weight excluding hydrogens is 387 g/mol. The Hall–Kier alpha value is -2.32. The molecule has 1 saturated heterocycles. The summed E-state index contributed by atoms with van der Waals surface area (Å²) in [7, 11) is 0. The van der Waals surface area contributed by atoms with E-state index in [1.807, 2.05) is 18.2 Å². The molecule has 146 valence electrons. The zero-order chi connectivity index (χ0) is 19.7. The van der Waals surface area contributed by atoms with E-state index in [0.717, 1.165) is 41.7 Å². The first-order valence-electron chi connectivity index (χ1n) is 9.05. The van der Waals surface area contributed by atoms with Gasteiger partial charge in [0.05, 0.1) is 17.3 Å². The van der Waals surface area contributed by atoms with Gasteiger partial charge in [-0.1, -0.05) is 18.2 Å². The van der Waals surface area contributed by atoms with Crippen LogP contribution in [0.4, 0.5) is 13.2 Å². The van der Waals surface area contributed by atoms with E-state index in [1.54, 1.807) is 0 Å². The predicted molar refractivity (Wildman–Crippen MR) is 101 cm³/mol. The lowest BCUT2D eigenvalue weighted by Gasteiger charge is -2.32. The number of piperidine rings is 1. The molecule has 0 radical (unpaired) electrons. The SMILES string of the molecule is O=C(c1cccc(C(F)(F)F)c1)[C@@H]1CCCN(Cc2ccc3nsnc3c2)C1. The maximum atomic E-state index is 12.9. The van der Waals surface area contributed by atoms with Gasteiger partial charge in [-0.25, -0.2) is 0 Å². The van der Waals surface area contributed by atoms with E-state index in [4.69, 9.17) is 0 Å². The maximum Gasteiger partial charge on any atom is 0.416 e. The van der Waals surface area contributed by atoms with Gasteiger partial charge in [-0.3, -0.25) is 9.69 Å². The van der Waals surface area contributed by atoms with Crippen LogP contribution in [0.25, 0.3) is 11.0 Å². The van der Waals surface area contributed by atoms with E-state index >= 15 is 0 Å². The van der Waals surface area contributed by atoms with Crippen molar-refractivity contribution >= 4 is 28.5 Å². The normalized spacial score (nSPS) is 18.5. The number of fused-ring (bicyclic) bond motifs is 1. The third-order valence-electron chi connectivity index (χ3n) is 5.08. The summed E-state index contributed by atoms with van der Waals surface area (Å²) in [5.74, 6) is -0.503. The highest BCUT2D eigenvalue weighted by Crippen LogP contribution is 2.31. The van der Waals surface area contributed by atoms with E-state index in [-0.39, 0.29) is 17.3 Å². The van der Waals surface area contributed by atoms with Gasteiger partial charge in [0.15, 0.2) is 5.78 Å². The summed E-state index contributed by atoms with van der Waals surface area (Å²) in [6.07, 6.45) is -2.91. The van der Waals surface area contributed by atoms with Gasteiger partial charge >= 0.3 is 6.18 Å². The molecule has 28 heavy (non-hydrogen) atoms. The quantitative estimate of drug-likeness (QED) is 0.585. The molecule has 0 bridgehead atoms. The largest absolute Gasteiger partial charge is 0.416 e. The number of rotatable bonds is 4. The molecular formula is C20H18F3N3OS. The number of hydrogen-bond acceptors (Lipinski definition) is 5. The summed E-state index contributed by atoms with van der Waals surface area (Å²) in [5, 5.41) is 0. The van der Waals surface area contributed by atoms with Gasteiger partial charge in [0.2, 0.25) is 0 Å². The van der Waals surface area contributed by atoms with Crippen LogP contribution < -0.4 is 0 Å². The van der Waals surface area contributed by atoms with Crippen LogP contribution in [0.3, 0.4) is 0 Å². The number of aromatic nitrogens is 2. The van der Waals surface area contributed by atoms with Gasteiger partial charge in [0.25, 0.3) is 0 Å². The average molecular weight is 405 g/mol. The minimum atomic E-state index is -4.45. The van der Waals surface area contributed by atoms with Gasteiger partial charge in [0.1, 0.15) is 11.0 Å². The maximum absolute atomic E-state index is 12.9.